The van der Waals surface area contributed by atoms with Crippen molar-refractivity contribution in [3.05, 3.63) is 41.7 Å². The van der Waals surface area contributed by atoms with Gasteiger partial charge in [0.1, 0.15) is 4.60 Å². The van der Waals surface area contributed by atoms with E-state index in [4.69, 9.17) is 0 Å². The third-order valence-electron chi connectivity index (χ3n) is 1.08. The van der Waals surface area contributed by atoms with Gasteiger partial charge in [0.25, 0.3) is 0 Å². The normalized spacial score (nSPS) is 8.14. The fourth-order valence-corrected chi connectivity index (χ4v) is 0.814. The van der Waals surface area contributed by atoms with Gasteiger partial charge in [0.05, 0.1) is 6.61 Å². The van der Waals surface area contributed by atoms with Gasteiger partial charge in [0.15, 0.2) is 0 Å². The molecule has 0 bridgehead atoms. The highest BCUT2D eigenvalue weighted by molar-refractivity contribution is 9.10. The Morgan fingerprint density at radius 2 is 2.43 bits per heavy atom. The number of nitrogens with zero attached hydrogens (tertiary/aromatic N) is 1. The van der Waals surface area contributed by atoms with E-state index in [-0.39, 0.29) is 5.97 Å². The highest BCUT2D eigenvalue weighted by atomic mass is 79.9. The van der Waals surface area contributed by atoms with Gasteiger partial charge in [-0.2, -0.15) is 0 Å². The highest BCUT2D eigenvalue weighted by Gasteiger charge is 1.86. The molecular weight excluding hydrogens is 246 g/mol. The van der Waals surface area contributed by atoms with Crippen LogP contribution in [0.25, 0.3) is 0 Å². The van der Waals surface area contributed by atoms with E-state index in [1.807, 2.05) is 18.2 Å². The summed E-state index contributed by atoms with van der Waals surface area (Å²) in [4.78, 5) is 14.0. The van der Waals surface area contributed by atoms with Crippen LogP contribution in [-0.4, -0.2) is 17.6 Å². The zero-order valence-corrected chi connectivity index (χ0v) is 9.53. The van der Waals surface area contributed by atoms with E-state index in [0.29, 0.717) is 6.61 Å². The lowest BCUT2D eigenvalue weighted by molar-refractivity contribution is -0.137. The highest BCUT2D eigenvalue weighted by Crippen LogP contribution is 2.00. The van der Waals surface area contributed by atoms with Crippen LogP contribution in [0.15, 0.2) is 41.7 Å². The Hall–Kier alpha value is -1.16. The molecule has 0 fully saturated rings. The second-order valence-corrected chi connectivity index (χ2v) is 2.92. The molecule has 3 nitrogen and oxygen atoms in total. The summed E-state index contributed by atoms with van der Waals surface area (Å²) >= 11 is 3.20. The molecule has 1 aromatic rings. The van der Waals surface area contributed by atoms with Crippen LogP contribution in [0.5, 0.6) is 0 Å². The summed E-state index contributed by atoms with van der Waals surface area (Å²) in [7, 11) is 0. The molecule has 0 aliphatic heterocycles. The first-order chi connectivity index (χ1) is 6.70. The second-order valence-electron chi connectivity index (χ2n) is 2.11. The predicted molar refractivity (Wildman–Crippen MR) is 58.8 cm³/mol. The van der Waals surface area contributed by atoms with Gasteiger partial charge in [-0.15, -0.1) is 0 Å². The Bertz CT molecular complexity index is 275. The Balaban J connectivity index is 0.000000241. The van der Waals surface area contributed by atoms with Gasteiger partial charge < -0.3 is 4.74 Å². The molecule has 0 spiro atoms. The minimum atomic E-state index is -0.359. The summed E-state index contributed by atoms with van der Waals surface area (Å²) in [5.41, 5.74) is 0. The summed E-state index contributed by atoms with van der Waals surface area (Å²) in [5, 5.41) is 0. The SMILES string of the molecule is Brc1ccccn1.C=CC(=O)OCC. The molecule has 0 N–H and O–H groups in total. The van der Waals surface area contributed by atoms with Crippen molar-refractivity contribution in [2.45, 2.75) is 6.92 Å². The van der Waals surface area contributed by atoms with Crippen LogP contribution in [0.3, 0.4) is 0 Å². The lowest BCUT2D eigenvalue weighted by atomic mass is 10.5. The number of halogens is 1. The number of esters is 1. The van der Waals surface area contributed by atoms with E-state index in [0.717, 1.165) is 10.7 Å². The average molecular weight is 258 g/mol. The van der Waals surface area contributed by atoms with Crippen molar-refractivity contribution in [1.29, 1.82) is 0 Å². The minimum absolute atomic E-state index is 0.359. The van der Waals surface area contributed by atoms with Crippen molar-refractivity contribution in [3.8, 4) is 0 Å². The molecular formula is C10H12BrNO2. The number of pyridine rings is 1. The van der Waals surface area contributed by atoms with Gasteiger partial charge in [-0.25, -0.2) is 9.78 Å². The average Bonchev–Trinajstić information content (AvgIpc) is 2.20. The van der Waals surface area contributed by atoms with E-state index in [2.05, 4.69) is 32.2 Å². The lowest BCUT2D eigenvalue weighted by Crippen LogP contribution is -1.97. The molecule has 76 valence electrons. The number of carbonyl (C=O) groups is 1. The minimum Gasteiger partial charge on any atom is -0.463 e. The molecule has 0 atom stereocenters. The number of hydrogen-bond donors (Lipinski definition) is 0. The smallest absolute Gasteiger partial charge is 0.330 e. The molecule has 0 aliphatic rings. The van der Waals surface area contributed by atoms with Gasteiger partial charge in [-0.05, 0) is 35.0 Å². The largest absolute Gasteiger partial charge is 0.463 e. The summed E-state index contributed by atoms with van der Waals surface area (Å²) < 4.78 is 5.32. The van der Waals surface area contributed by atoms with Gasteiger partial charge >= 0.3 is 5.97 Å². The predicted octanol–water partition coefficient (Wildman–Crippen LogP) is 2.58. The van der Waals surface area contributed by atoms with Crippen LogP contribution in [0.2, 0.25) is 0 Å². The van der Waals surface area contributed by atoms with E-state index < -0.39 is 0 Å². The summed E-state index contributed by atoms with van der Waals surface area (Å²) in [5.74, 6) is -0.359. The maximum Gasteiger partial charge on any atom is 0.330 e. The van der Waals surface area contributed by atoms with E-state index in [9.17, 15) is 4.79 Å². The Morgan fingerprint density at radius 1 is 1.71 bits per heavy atom. The number of aromatic nitrogens is 1. The fourth-order valence-electron chi connectivity index (χ4n) is 0.543. The summed E-state index contributed by atoms with van der Waals surface area (Å²) in [6, 6.07) is 5.70. The monoisotopic (exact) mass is 257 g/mol. The Labute approximate surface area is 91.9 Å². The zero-order chi connectivity index (χ0) is 10.8. The van der Waals surface area contributed by atoms with Crippen molar-refractivity contribution in [2.75, 3.05) is 6.61 Å². The van der Waals surface area contributed by atoms with Gasteiger partial charge in [0.2, 0.25) is 0 Å². The summed E-state index contributed by atoms with van der Waals surface area (Å²) in [6.07, 6.45) is 2.88. The van der Waals surface area contributed by atoms with Crippen LogP contribution in [0, 0.1) is 0 Å². The zero-order valence-electron chi connectivity index (χ0n) is 7.94. The first kappa shape index (κ1) is 12.8. The molecule has 0 saturated carbocycles. The number of ether oxygens (including phenoxy) is 1. The topological polar surface area (TPSA) is 39.2 Å². The molecule has 1 heterocycles. The van der Waals surface area contributed by atoms with Crippen molar-refractivity contribution < 1.29 is 9.53 Å². The molecule has 0 radical (unpaired) electrons. The maximum atomic E-state index is 10.1. The van der Waals surface area contributed by atoms with E-state index in [1.54, 1.807) is 13.1 Å². The molecule has 14 heavy (non-hydrogen) atoms. The first-order valence-corrected chi connectivity index (χ1v) is 4.85. The number of rotatable bonds is 2. The quantitative estimate of drug-likeness (QED) is 0.465. The molecule has 1 aromatic heterocycles. The summed E-state index contributed by atoms with van der Waals surface area (Å²) in [6.45, 7) is 5.38. The first-order valence-electron chi connectivity index (χ1n) is 4.06. The van der Waals surface area contributed by atoms with Crippen LogP contribution < -0.4 is 0 Å². The molecule has 0 unspecified atom stereocenters. The molecule has 0 amide bonds. The molecule has 0 saturated heterocycles. The molecule has 1 rings (SSSR count). The molecule has 4 heteroatoms. The van der Waals surface area contributed by atoms with Crippen LogP contribution >= 0.6 is 15.9 Å². The van der Waals surface area contributed by atoms with Crippen LogP contribution in [-0.2, 0) is 9.53 Å². The molecule has 0 aliphatic carbocycles. The van der Waals surface area contributed by atoms with E-state index >= 15 is 0 Å². The van der Waals surface area contributed by atoms with Gasteiger partial charge in [0, 0.05) is 12.3 Å². The van der Waals surface area contributed by atoms with Crippen LogP contribution in [0.4, 0.5) is 0 Å². The van der Waals surface area contributed by atoms with Crippen molar-refractivity contribution in [1.82, 2.24) is 4.98 Å². The second kappa shape index (κ2) is 8.44. The standard InChI is InChI=1S/C5H4BrN.C5H8O2/c6-5-3-1-2-4-7-5;1-3-5(6)7-4-2/h1-4H;3H,1,4H2,2H3. The molecule has 0 aromatic carbocycles. The Morgan fingerprint density at radius 3 is 2.64 bits per heavy atom. The number of hydrogen-bond acceptors (Lipinski definition) is 3. The lowest BCUT2D eigenvalue weighted by Gasteiger charge is -1.90. The van der Waals surface area contributed by atoms with E-state index in [1.165, 1.54) is 0 Å². The van der Waals surface area contributed by atoms with Crippen molar-refractivity contribution in [3.63, 3.8) is 0 Å². The number of carbonyl (C=O) groups excluding carboxylic acids is 1. The van der Waals surface area contributed by atoms with Gasteiger partial charge in [-0.1, -0.05) is 12.6 Å². The fraction of sp³-hybridized carbons (Fsp3) is 0.200. The van der Waals surface area contributed by atoms with Crippen molar-refractivity contribution >= 4 is 21.9 Å². The third-order valence-corrected chi connectivity index (χ3v) is 1.55. The van der Waals surface area contributed by atoms with Crippen LogP contribution in [0.1, 0.15) is 6.92 Å². The Kier molecular flexibility index (Phi) is 7.74. The van der Waals surface area contributed by atoms with Gasteiger partial charge in [-0.3, -0.25) is 0 Å². The third kappa shape index (κ3) is 7.49. The van der Waals surface area contributed by atoms with Crippen molar-refractivity contribution in [2.24, 2.45) is 0 Å². The maximum absolute atomic E-state index is 10.1.